The molecule has 2 rings (SSSR count). The Morgan fingerprint density at radius 3 is 2.32 bits per heavy atom. The molecule has 5 heteroatoms. The van der Waals surface area contributed by atoms with E-state index in [-0.39, 0.29) is 19.0 Å². The molecule has 1 N–H and O–H groups in total. The normalized spacial score (nSPS) is 9.32. The Hall–Kier alpha value is -1.43. The summed E-state index contributed by atoms with van der Waals surface area (Å²) in [5, 5.41) is 16.2. The van der Waals surface area contributed by atoms with Gasteiger partial charge in [0.2, 0.25) is 0 Å². The highest BCUT2D eigenvalue weighted by Gasteiger charge is 1.99. The summed E-state index contributed by atoms with van der Waals surface area (Å²) < 4.78 is 4.92. The van der Waals surface area contributed by atoms with Crippen molar-refractivity contribution in [1.82, 2.24) is 0 Å². The quantitative estimate of drug-likeness (QED) is 0.677. The third-order valence-corrected chi connectivity index (χ3v) is 3.52. The first-order valence-electron chi connectivity index (χ1n) is 5.65. The number of aliphatic hydroxyl groups is 1. The number of aliphatic hydroxyl groups excluding tert-OH is 1. The Bertz CT molecular complexity index is 461. The molecule has 0 aliphatic rings. The predicted octanol–water partition coefficient (Wildman–Crippen LogP) is 3.61. The molecule has 0 aliphatic carbocycles. The summed E-state index contributed by atoms with van der Waals surface area (Å²) in [6.45, 7) is 3.99. The summed E-state index contributed by atoms with van der Waals surface area (Å²) in [7, 11) is 0. The molecule has 0 unspecified atom stereocenters. The maximum Gasteiger partial charge on any atom is 0.309 e. The monoisotopic (exact) mass is 296 g/mol. The fourth-order valence-electron chi connectivity index (χ4n) is 1.10. The van der Waals surface area contributed by atoms with E-state index in [1.165, 1.54) is 6.08 Å². The molecule has 2 aromatic rings. The van der Waals surface area contributed by atoms with Gasteiger partial charge < -0.3 is 9.84 Å². The van der Waals surface area contributed by atoms with Gasteiger partial charge >= 0.3 is 5.97 Å². The Labute approximate surface area is 120 Å². The standard InChI is InChI=1S/C9H10O2S.C5H6OS/c1-2-3-9(10)11-6-8-4-5-12-7-8;6-3-5-1-2-7-4-5/h2,4-5,7H,1,3,6H2;1-2,4,6H,3H2. The van der Waals surface area contributed by atoms with Crippen molar-refractivity contribution < 1.29 is 14.6 Å². The van der Waals surface area contributed by atoms with Gasteiger partial charge in [-0.25, -0.2) is 0 Å². The average Bonchev–Trinajstić information content (AvgIpc) is 3.10. The molecule has 0 bridgehead atoms. The van der Waals surface area contributed by atoms with Crippen LogP contribution >= 0.6 is 22.7 Å². The van der Waals surface area contributed by atoms with Crippen LogP contribution in [-0.2, 0) is 22.7 Å². The molecule has 0 spiro atoms. The van der Waals surface area contributed by atoms with E-state index in [9.17, 15) is 4.79 Å². The van der Waals surface area contributed by atoms with E-state index in [2.05, 4.69) is 6.58 Å². The van der Waals surface area contributed by atoms with Crippen molar-refractivity contribution >= 4 is 28.6 Å². The highest BCUT2D eigenvalue weighted by molar-refractivity contribution is 7.08. The van der Waals surface area contributed by atoms with E-state index in [4.69, 9.17) is 9.84 Å². The Balaban J connectivity index is 0.000000218. The van der Waals surface area contributed by atoms with E-state index in [0.717, 1.165) is 11.1 Å². The molecule has 102 valence electrons. The summed E-state index contributed by atoms with van der Waals surface area (Å²) in [4.78, 5) is 10.8. The van der Waals surface area contributed by atoms with Crippen molar-refractivity contribution in [2.24, 2.45) is 0 Å². The number of hydrogen-bond donors (Lipinski definition) is 1. The highest BCUT2D eigenvalue weighted by atomic mass is 32.1. The summed E-state index contributed by atoms with van der Waals surface area (Å²) in [6, 6.07) is 3.84. The van der Waals surface area contributed by atoms with Crippen LogP contribution < -0.4 is 0 Å². The molecule has 0 fully saturated rings. The van der Waals surface area contributed by atoms with E-state index >= 15 is 0 Å². The largest absolute Gasteiger partial charge is 0.461 e. The summed E-state index contributed by atoms with van der Waals surface area (Å²) in [5.41, 5.74) is 2.04. The minimum absolute atomic E-state index is 0.170. The van der Waals surface area contributed by atoms with Gasteiger partial charge in [0.15, 0.2) is 0 Å². The molecule has 19 heavy (non-hydrogen) atoms. The van der Waals surface area contributed by atoms with Crippen molar-refractivity contribution in [2.75, 3.05) is 0 Å². The highest BCUT2D eigenvalue weighted by Crippen LogP contribution is 2.07. The topological polar surface area (TPSA) is 46.5 Å². The van der Waals surface area contributed by atoms with Crippen LogP contribution in [0.4, 0.5) is 0 Å². The third-order valence-electron chi connectivity index (χ3n) is 2.05. The first-order chi connectivity index (χ1) is 9.26. The maximum absolute atomic E-state index is 10.8. The number of ether oxygens (including phenoxy) is 1. The van der Waals surface area contributed by atoms with Crippen LogP contribution in [0.25, 0.3) is 0 Å². The molecule has 0 aliphatic heterocycles. The predicted molar refractivity (Wildman–Crippen MR) is 79.2 cm³/mol. The van der Waals surface area contributed by atoms with Gasteiger partial charge in [0, 0.05) is 5.56 Å². The lowest BCUT2D eigenvalue weighted by Gasteiger charge is -1.99. The van der Waals surface area contributed by atoms with Crippen molar-refractivity contribution in [1.29, 1.82) is 0 Å². The second-order valence-corrected chi connectivity index (χ2v) is 5.13. The molecule has 2 heterocycles. The zero-order valence-electron chi connectivity index (χ0n) is 10.5. The first kappa shape index (κ1) is 15.6. The van der Waals surface area contributed by atoms with Gasteiger partial charge in [-0.15, -0.1) is 6.58 Å². The van der Waals surface area contributed by atoms with E-state index in [0.29, 0.717) is 6.61 Å². The van der Waals surface area contributed by atoms with Gasteiger partial charge in [-0.2, -0.15) is 22.7 Å². The Kier molecular flexibility index (Phi) is 7.81. The van der Waals surface area contributed by atoms with Crippen LogP contribution in [0.2, 0.25) is 0 Å². The van der Waals surface area contributed by atoms with Crippen LogP contribution in [0.3, 0.4) is 0 Å². The van der Waals surface area contributed by atoms with Gasteiger partial charge in [-0.3, -0.25) is 4.79 Å². The van der Waals surface area contributed by atoms with Crippen LogP contribution in [0, 0.1) is 0 Å². The molecule has 3 nitrogen and oxygen atoms in total. The van der Waals surface area contributed by atoms with Crippen molar-refractivity contribution in [3.05, 3.63) is 57.4 Å². The second-order valence-electron chi connectivity index (χ2n) is 3.57. The van der Waals surface area contributed by atoms with Crippen LogP contribution in [0.15, 0.2) is 46.3 Å². The van der Waals surface area contributed by atoms with Crippen LogP contribution in [-0.4, -0.2) is 11.1 Å². The summed E-state index contributed by atoms with van der Waals surface area (Å²) in [6.07, 6.45) is 1.82. The molecule has 0 radical (unpaired) electrons. The number of carbonyl (C=O) groups is 1. The summed E-state index contributed by atoms with van der Waals surface area (Å²) in [5.74, 6) is -0.226. The molecular formula is C14H16O3S2. The van der Waals surface area contributed by atoms with Gasteiger partial charge in [0.1, 0.15) is 6.61 Å². The first-order valence-corrected chi connectivity index (χ1v) is 7.54. The van der Waals surface area contributed by atoms with Gasteiger partial charge in [0.25, 0.3) is 0 Å². The number of esters is 1. The number of carbonyl (C=O) groups excluding carboxylic acids is 1. The Morgan fingerprint density at radius 2 is 1.89 bits per heavy atom. The average molecular weight is 296 g/mol. The number of hydrogen-bond acceptors (Lipinski definition) is 5. The minimum atomic E-state index is -0.226. The lowest BCUT2D eigenvalue weighted by molar-refractivity contribution is -0.143. The number of rotatable bonds is 5. The van der Waals surface area contributed by atoms with E-state index in [1.807, 2.05) is 33.7 Å². The minimum Gasteiger partial charge on any atom is -0.461 e. The van der Waals surface area contributed by atoms with Crippen LogP contribution in [0.5, 0.6) is 0 Å². The molecule has 0 amide bonds. The smallest absolute Gasteiger partial charge is 0.309 e. The SMILES string of the molecule is C=CCC(=O)OCc1ccsc1.OCc1ccsc1. The third kappa shape index (κ3) is 6.91. The second kappa shape index (κ2) is 9.49. The van der Waals surface area contributed by atoms with E-state index in [1.54, 1.807) is 22.7 Å². The van der Waals surface area contributed by atoms with Gasteiger partial charge in [-0.05, 0) is 39.2 Å². The van der Waals surface area contributed by atoms with Crippen molar-refractivity contribution in [3.63, 3.8) is 0 Å². The number of thiophene rings is 2. The fourth-order valence-corrected chi connectivity index (χ4v) is 2.41. The lowest BCUT2D eigenvalue weighted by Crippen LogP contribution is -2.01. The molecule has 0 atom stereocenters. The van der Waals surface area contributed by atoms with Crippen molar-refractivity contribution in [3.8, 4) is 0 Å². The van der Waals surface area contributed by atoms with Crippen LogP contribution in [0.1, 0.15) is 17.5 Å². The zero-order valence-corrected chi connectivity index (χ0v) is 12.1. The van der Waals surface area contributed by atoms with Crippen molar-refractivity contribution in [2.45, 2.75) is 19.6 Å². The molecule has 2 aromatic heterocycles. The molecule has 0 aromatic carbocycles. The fraction of sp³-hybridized carbons (Fsp3) is 0.214. The molecule has 0 saturated heterocycles. The Morgan fingerprint density at radius 1 is 1.26 bits per heavy atom. The lowest BCUT2D eigenvalue weighted by atomic mass is 10.4. The summed E-state index contributed by atoms with van der Waals surface area (Å²) >= 11 is 3.20. The van der Waals surface area contributed by atoms with Gasteiger partial charge in [-0.1, -0.05) is 6.08 Å². The zero-order chi connectivity index (χ0) is 13.9. The maximum atomic E-state index is 10.8. The van der Waals surface area contributed by atoms with Gasteiger partial charge in [0.05, 0.1) is 13.0 Å². The molecular weight excluding hydrogens is 280 g/mol. The van der Waals surface area contributed by atoms with E-state index < -0.39 is 0 Å². The molecule has 0 saturated carbocycles.